The summed E-state index contributed by atoms with van der Waals surface area (Å²) in [5, 5.41) is 16.6. The number of methoxy groups -OCH3 is 1. The maximum atomic E-state index is 10.3. The maximum Gasteiger partial charge on any atom is 0.305 e. The molecule has 1 aromatic rings. The second-order valence-corrected chi connectivity index (χ2v) is 7.45. The molecule has 0 radical (unpaired) electrons. The van der Waals surface area contributed by atoms with Crippen molar-refractivity contribution in [1.82, 2.24) is 15.0 Å². The zero-order valence-electron chi connectivity index (χ0n) is 21.9. The van der Waals surface area contributed by atoms with E-state index in [0.717, 1.165) is 5.69 Å². The van der Waals surface area contributed by atoms with Crippen molar-refractivity contribution in [3.8, 4) is 0 Å². The van der Waals surface area contributed by atoms with Crippen LogP contribution in [-0.4, -0.2) is 139 Å². The van der Waals surface area contributed by atoms with Crippen molar-refractivity contribution in [1.29, 1.82) is 0 Å². The lowest BCUT2D eigenvalue weighted by Gasteiger charge is -2.07. The molecule has 0 fully saturated rings. The molecule has 1 rings (SSSR count). The van der Waals surface area contributed by atoms with E-state index >= 15 is 0 Å². The third kappa shape index (κ3) is 23.1. The minimum atomic E-state index is -0.875. The molecule has 0 unspecified atom stereocenters. The molecule has 1 aromatic heterocycles. The lowest BCUT2D eigenvalue weighted by atomic mass is 10.5. The van der Waals surface area contributed by atoms with Gasteiger partial charge in [0, 0.05) is 7.11 Å². The number of carboxylic acid groups (broad SMARTS) is 1. The monoisotopic (exact) mass is 537 g/mol. The summed E-state index contributed by atoms with van der Waals surface area (Å²) in [6.07, 6.45) is 1.83. The lowest BCUT2D eigenvalue weighted by Crippen LogP contribution is -2.13. The summed E-state index contributed by atoms with van der Waals surface area (Å²) in [6, 6.07) is 0. The van der Waals surface area contributed by atoms with Crippen LogP contribution in [0, 0.1) is 0 Å². The summed E-state index contributed by atoms with van der Waals surface area (Å²) in [7, 11) is 1.64. The number of aromatic nitrogens is 3. The highest BCUT2D eigenvalue weighted by Gasteiger charge is 2.02. The van der Waals surface area contributed by atoms with Gasteiger partial charge in [0.1, 0.15) is 5.69 Å². The highest BCUT2D eigenvalue weighted by Crippen LogP contribution is 1.97. The van der Waals surface area contributed by atoms with Gasteiger partial charge in [0.15, 0.2) is 0 Å². The van der Waals surface area contributed by atoms with Crippen LogP contribution >= 0.6 is 0 Å². The molecule has 0 saturated heterocycles. The van der Waals surface area contributed by atoms with Crippen molar-refractivity contribution >= 4 is 5.97 Å². The van der Waals surface area contributed by atoms with Crippen molar-refractivity contribution in [3.63, 3.8) is 0 Å². The molecule has 1 N–H and O–H groups in total. The molecule has 0 spiro atoms. The van der Waals surface area contributed by atoms with Crippen LogP contribution in [-0.2, 0) is 60.6 Å². The molecule has 0 atom stereocenters. The van der Waals surface area contributed by atoms with Crippen LogP contribution in [0.15, 0.2) is 6.20 Å². The normalized spacial score (nSPS) is 11.4. The summed E-state index contributed by atoms with van der Waals surface area (Å²) in [4.78, 5) is 10.3. The Morgan fingerprint density at radius 3 is 1.59 bits per heavy atom. The van der Waals surface area contributed by atoms with E-state index in [2.05, 4.69) is 10.3 Å². The fraction of sp³-hybridized carbons (Fsp3) is 0.870. The third-order valence-electron chi connectivity index (χ3n) is 4.42. The van der Waals surface area contributed by atoms with E-state index in [9.17, 15) is 4.79 Å². The van der Waals surface area contributed by atoms with Gasteiger partial charge < -0.3 is 47.7 Å². The fourth-order valence-corrected chi connectivity index (χ4v) is 2.57. The standard InChI is InChI=1S/C23H43N3O11/c1-29-6-7-32-12-13-34-11-9-31-5-3-26-20-22(24-25-26)21-37-19-18-36-17-16-35-15-14-33-10-8-30-4-2-23(27)28/h20H,2-19,21H2,1H3,(H,27,28). The van der Waals surface area contributed by atoms with E-state index in [1.54, 1.807) is 11.8 Å². The number of carboxylic acids is 1. The van der Waals surface area contributed by atoms with Crippen LogP contribution in [0.2, 0.25) is 0 Å². The average molecular weight is 538 g/mol. The summed E-state index contributed by atoms with van der Waals surface area (Å²) in [5.41, 5.74) is 0.743. The van der Waals surface area contributed by atoms with E-state index in [0.29, 0.717) is 112 Å². The first kappa shape index (κ1) is 33.3. The molecule has 14 heteroatoms. The summed E-state index contributed by atoms with van der Waals surface area (Å²) < 4.78 is 49.7. The van der Waals surface area contributed by atoms with Crippen molar-refractivity contribution in [2.24, 2.45) is 0 Å². The first-order valence-corrected chi connectivity index (χ1v) is 12.4. The van der Waals surface area contributed by atoms with Gasteiger partial charge in [-0.3, -0.25) is 4.79 Å². The molecule has 0 aliphatic heterocycles. The van der Waals surface area contributed by atoms with Gasteiger partial charge in [0.05, 0.1) is 131 Å². The number of nitrogens with zero attached hydrogens (tertiary/aromatic N) is 3. The molecule has 37 heavy (non-hydrogen) atoms. The SMILES string of the molecule is COCCOCCOCCOCCn1cc(COCCOCCOCCOCCOCCC(=O)O)nn1. The Bertz CT molecular complexity index is 637. The predicted octanol–water partition coefficient (Wildman–Crippen LogP) is 0.0320. The molecule has 0 aromatic carbocycles. The zero-order valence-corrected chi connectivity index (χ0v) is 21.9. The number of rotatable bonds is 29. The highest BCUT2D eigenvalue weighted by molar-refractivity contribution is 5.66. The Morgan fingerprint density at radius 1 is 0.676 bits per heavy atom. The first-order chi connectivity index (χ1) is 18.2. The van der Waals surface area contributed by atoms with Gasteiger partial charge in [0.2, 0.25) is 0 Å². The molecule has 0 saturated carbocycles. The Morgan fingerprint density at radius 2 is 1.11 bits per heavy atom. The minimum Gasteiger partial charge on any atom is -0.481 e. The van der Waals surface area contributed by atoms with E-state index in [1.165, 1.54) is 0 Å². The molecule has 0 bridgehead atoms. The largest absolute Gasteiger partial charge is 0.481 e. The van der Waals surface area contributed by atoms with Gasteiger partial charge in [-0.05, 0) is 0 Å². The van der Waals surface area contributed by atoms with E-state index in [1.807, 2.05) is 6.20 Å². The van der Waals surface area contributed by atoms with Gasteiger partial charge in [-0.15, -0.1) is 5.10 Å². The summed E-state index contributed by atoms with van der Waals surface area (Å²) in [6.45, 7) is 8.41. The summed E-state index contributed by atoms with van der Waals surface area (Å²) >= 11 is 0. The quantitative estimate of drug-likeness (QED) is 0.137. The van der Waals surface area contributed by atoms with Crippen LogP contribution in [0.5, 0.6) is 0 Å². The van der Waals surface area contributed by atoms with Crippen molar-refractivity contribution in [3.05, 3.63) is 11.9 Å². The summed E-state index contributed by atoms with van der Waals surface area (Å²) in [5.74, 6) is -0.875. The van der Waals surface area contributed by atoms with Crippen LogP contribution in [0.25, 0.3) is 0 Å². The van der Waals surface area contributed by atoms with Crippen molar-refractivity contribution in [2.45, 2.75) is 19.6 Å². The Kier molecular flexibility index (Phi) is 23.3. The van der Waals surface area contributed by atoms with Gasteiger partial charge >= 0.3 is 5.97 Å². The number of hydrogen-bond acceptors (Lipinski definition) is 12. The second kappa shape index (κ2) is 25.9. The van der Waals surface area contributed by atoms with Crippen LogP contribution < -0.4 is 0 Å². The van der Waals surface area contributed by atoms with Gasteiger partial charge in [-0.1, -0.05) is 5.21 Å². The molecule has 1 heterocycles. The van der Waals surface area contributed by atoms with Crippen LogP contribution in [0.4, 0.5) is 0 Å². The van der Waals surface area contributed by atoms with Gasteiger partial charge in [-0.25, -0.2) is 4.68 Å². The number of carbonyl (C=O) groups is 1. The maximum absolute atomic E-state index is 10.3. The smallest absolute Gasteiger partial charge is 0.305 e. The molecular formula is C23H43N3O11. The topological polar surface area (TPSA) is 151 Å². The Balaban J connectivity index is 1.80. The molecule has 0 amide bonds. The van der Waals surface area contributed by atoms with E-state index in [-0.39, 0.29) is 13.0 Å². The number of ether oxygens (including phenoxy) is 9. The molecule has 216 valence electrons. The number of aliphatic carboxylic acids is 1. The van der Waals surface area contributed by atoms with Crippen LogP contribution in [0.3, 0.4) is 0 Å². The van der Waals surface area contributed by atoms with E-state index in [4.69, 9.17) is 47.7 Å². The second-order valence-electron chi connectivity index (χ2n) is 7.45. The van der Waals surface area contributed by atoms with Crippen LogP contribution in [0.1, 0.15) is 12.1 Å². The highest BCUT2D eigenvalue weighted by atomic mass is 16.6. The van der Waals surface area contributed by atoms with Gasteiger partial charge in [-0.2, -0.15) is 0 Å². The van der Waals surface area contributed by atoms with Gasteiger partial charge in [0.25, 0.3) is 0 Å². The lowest BCUT2D eigenvalue weighted by molar-refractivity contribution is -0.138. The average Bonchev–Trinajstić information content (AvgIpc) is 3.34. The fourth-order valence-electron chi connectivity index (χ4n) is 2.57. The molecular weight excluding hydrogens is 494 g/mol. The number of hydrogen-bond donors (Lipinski definition) is 1. The predicted molar refractivity (Wildman–Crippen MR) is 130 cm³/mol. The van der Waals surface area contributed by atoms with E-state index < -0.39 is 5.97 Å². The minimum absolute atomic E-state index is 0.00277. The Labute approximate surface area is 218 Å². The first-order valence-electron chi connectivity index (χ1n) is 12.4. The molecule has 0 aliphatic rings. The Hall–Kier alpha value is -1.75. The third-order valence-corrected chi connectivity index (χ3v) is 4.42. The zero-order chi connectivity index (χ0) is 26.7. The molecule has 14 nitrogen and oxygen atoms in total. The molecule has 0 aliphatic carbocycles. The van der Waals surface area contributed by atoms with Crippen molar-refractivity contribution in [2.75, 3.05) is 113 Å². The van der Waals surface area contributed by atoms with Crippen molar-refractivity contribution < 1.29 is 52.5 Å².